The third-order valence-electron chi connectivity index (χ3n) is 5.79. The zero-order valence-corrected chi connectivity index (χ0v) is 19.6. The average molecular weight is 480 g/mol. The third kappa shape index (κ3) is 5.32. The minimum atomic E-state index is -4.40. The molecule has 2 aromatic carbocycles. The van der Waals surface area contributed by atoms with Gasteiger partial charge in [0.05, 0.1) is 28.2 Å². The maximum atomic E-state index is 11.8. The van der Waals surface area contributed by atoms with Crippen LogP contribution in [0.3, 0.4) is 0 Å². The molecule has 1 aliphatic rings. The highest BCUT2D eigenvalue weighted by atomic mass is 32.2. The van der Waals surface area contributed by atoms with E-state index in [1.807, 2.05) is 44.2 Å². The van der Waals surface area contributed by atoms with E-state index in [9.17, 15) is 25.9 Å². The number of benzene rings is 2. The first-order valence-corrected chi connectivity index (χ1v) is 13.3. The molecule has 32 heavy (non-hydrogen) atoms. The van der Waals surface area contributed by atoms with E-state index in [4.69, 9.17) is 0 Å². The first-order valence-electron chi connectivity index (χ1n) is 10.2. The molecule has 0 amide bonds. The van der Waals surface area contributed by atoms with Crippen LogP contribution < -0.4 is 0 Å². The van der Waals surface area contributed by atoms with Gasteiger partial charge in [-0.25, -0.2) is 0 Å². The second-order valence-corrected chi connectivity index (χ2v) is 10.9. The van der Waals surface area contributed by atoms with Crippen molar-refractivity contribution < 1.29 is 30.5 Å². The minimum Gasteiger partial charge on any atom is -0.286 e. The van der Waals surface area contributed by atoms with Gasteiger partial charge in [0.1, 0.15) is 6.54 Å². The summed E-state index contributed by atoms with van der Waals surface area (Å²) < 4.78 is 66.8. The van der Waals surface area contributed by atoms with Gasteiger partial charge in [-0.2, -0.15) is 21.4 Å². The molecule has 1 aliphatic heterocycles. The van der Waals surface area contributed by atoms with E-state index in [0.29, 0.717) is 24.9 Å². The molecule has 0 fully saturated rings. The Balaban J connectivity index is 2.04. The summed E-state index contributed by atoms with van der Waals surface area (Å²) in [4.78, 5) is 4.28. The molecule has 3 rings (SSSR count). The predicted molar refractivity (Wildman–Crippen MR) is 124 cm³/mol. The molecule has 0 saturated carbocycles. The van der Waals surface area contributed by atoms with Gasteiger partial charge in [0.15, 0.2) is 5.71 Å². The fraction of sp³-hybridized carbons (Fsp3) is 0.364. The maximum Gasteiger partial charge on any atom is 0.294 e. The second kappa shape index (κ2) is 9.22. The van der Waals surface area contributed by atoms with Crippen molar-refractivity contribution in [3.8, 4) is 0 Å². The second-order valence-electron chi connectivity index (χ2n) is 7.92. The SMILES string of the molecule is CC[N+]1=C(CC=Nc2ccccc2)C(C)(CCCS(=O)(=O)O)c2cc(S(=O)(=O)O)ccc21. The number of rotatable bonds is 9. The quantitative estimate of drug-likeness (QED) is 0.320. The maximum absolute atomic E-state index is 11.8. The summed E-state index contributed by atoms with van der Waals surface area (Å²) >= 11 is 0. The molecule has 0 spiro atoms. The average Bonchev–Trinajstić information content (AvgIpc) is 2.95. The molecule has 172 valence electrons. The van der Waals surface area contributed by atoms with Crippen molar-refractivity contribution in [2.24, 2.45) is 4.99 Å². The van der Waals surface area contributed by atoms with Gasteiger partial charge in [0.25, 0.3) is 20.2 Å². The molecule has 1 heterocycles. The van der Waals surface area contributed by atoms with E-state index in [1.165, 1.54) is 12.1 Å². The standard InChI is InChI=1S/C22H26N2O6S2/c1-3-24-20-11-10-18(32(28,29)30)16-19(20)22(2,13-7-15-31(25,26)27)21(24)12-14-23-17-8-5-4-6-9-17/h4-6,8-11,14,16H,3,7,12-13,15H2,1-2H3,(H-,25,26,27,28,29,30)/p+1. The van der Waals surface area contributed by atoms with Crippen molar-refractivity contribution in [1.29, 1.82) is 0 Å². The molecule has 2 aromatic rings. The van der Waals surface area contributed by atoms with Gasteiger partial charge in [-0.15, -0.1) is 0 Å². The molecule has 0 radical (unpaired) electrons. The van der Waals surface area contributed by atoms with E-state index < -0.39 is 31.4 Å². The number of para-hydroxylation sites is 1. The Morgan fingerprint density at radius 1 is 1.06 bits per heavy atom. The first-order chi connectivity index (χ1) is 15.0. The molecular weight excluding hydrogens is 452 g/mol. The molecule has 0 saturated heterocycles. The fourth-order valence-electron chi connectivity index (χ4n) is 4.29. The number of fused-ring (bicyclic) bond motifs is 1. The molecule has 0 bridgehead atoms. The van der Waals surface area contributed by atoms with Gasteiger partial charge < -0.3 is 0 Å². The van der Waals surface area contributed by atoms with Gasteiger partial charge in [0, 0.05) is 17.8 Å². The smallest absolute Gasteiger partial charge is 0.286 e. The van der Waals surface area contributed by atoms with Crippen molar-refractivity contribution in [1.82, 2.24) is 0 Å². The van der Waals surface area contributed by atoms with Crippen LogP contribution in [0.4, 0.5) is 11.4 Å². The van der Waals surface area contributed by atoms with Crippen molar-refractivity contribution in [2.45, 2.75) is 43.4 Å². The Hall–Kier alpha value is -2.40. The van der Waals surface area contributed by atoms with Crippen LogP contribution >= 0.6 is 0 Å². The lowest BCUT2D eigenvalue weighted by molar-refractivity contribution is -0.434. The van der Waals surface area contributed by atoms with Crippen molar-refractivity contribution in [3.05, 3.63) is 54.1 Å². The lowest BCUT2D eigenvalue weighted by Crippen LogP contribution is -2.33. The third-order valence-corrected chi connectivity index (χ3v) is 7.44. The molecule has 2 N–H and O–H groups in total. The van der Waals surface area contributed by atoms with E-state index >= 15 is 0 Å². The normalized spacial score (nSPS) is 19.0. The largest absolute Gasteiger partial charge is 0.294 e. The lowest BCUT2D eigenvalue weighted by Gasteiger charge is -2.23. The fourth-order valence-corrected chi connectivity index (χ4v) is 5.30. The van der Waals surface area contributed by atoms with Crippen molar-refractivity contribution in [2.75, 3.05) is 12.3 Å². The summed E-state index contributed by atoms with van der Waals surface area (Å²) in [5.41, 5.74) is 2.52. The van der Waals surface area contributed by atoms with Crippen LogP contribution in [0, 0.1) is 0 Å². The van der Waals surface area contributed by atoms with Crippen LogP contribution in [0.15, 0.2) is 58.4 Å². The molecular formula is C22H27N2O6S2+. The van der Waals surface area contributed by atoms with Crippen LogP contribution in [0.25, 0.3) is 0 Å². The Kier molecular flexibility index (Phi) is 6.99. The highest BCUT2D eigenvalue weighted by Crippen LogP contribution is 2.44. The van der Waals surface area contributed by atoms with Crippen LogP contribution in [-0.4, -0.2) is 54.7 Å². The lowest BCUT2D eigenvalue weighted by atomic mass is 9.75. The van der Waals surface area contributed by atoms with Crippen LogP contribution in [0.1, 0.15) is 38.7 Å². The van der Waals surface area contributed by atoms with Gasteiger partial charge in [-0.3, -0.25) is 14.1 Å². The van der Waals surface area contributed by atoms with Crippen molar-refractivity contribution >= 4 is 43.5 Å². The summed E-state index contributed by atoms with van der Waals surface area (Å²) in [5.74, 6) is -0.395. The molecule has 0 aromatic heterocycles. The van der Waals surface area contributed by atoms with E-state index in [0.717, 1.165) is 17.1 Å². The Bertz CT molecular complexity index is 1270. The summed E-state index contributed by atoms with van der Waals surface area (Å²) in [5, 5.41) is 0. The number of aliphatic imine (C=N–C) groups is 1. The summed E-state index contributed by atoms with van der Waals surface area (Å²) in [6.07, 6.45) is 2.78. The highest BCUT2D eigenvalue weighted by Gasteiger charge is 2.48. The van der Waals surface area contributed by atoms with E-state index in [2.05, 4.69) is 9.57 Å². The first kappa shape index (κ1) is 24.2. The van der Waals surface area contributed by atoms with Crippen LogP contribution in [-0.2, 0) is 25.7 Å². The molecule has 8 nitrogen and oxygen atoms in total. The van der Waals surface area contributed by atoms with Crippen molar-refractivity contribution in [3.63, 3.8) is 0 Å². The van der Waals surface area contributed by atoms with Gasteiger partial charge in [0.2, 0.25) is 5.69 Å². The Morgan fingerprint density at radius 3 is 2.34 bits per heavy atom. The topological polar surface area (TPSA) is 124 Å². The van der Waals surface area contributed by atoms with Crippen LogP contribution in [0.2, 0.25) is 0 Å². The van der Waals surface area contributed by atoms with E-state index in [-0.39, 0.29) is 11.3 Å². The minimum absolute atomic E-state index is 0.182. The Morgan fingerprint density at radius 2 is 1.75 bits per heavy atom. The van der Waals surface area contributed by atoms with E-state index in [1.54, 1.807) is 12.3 Å². The van der Waals surface area contributed by atoms with Gasteiger partial charge in [-0.1, -0.05) is 18.2 Å². The molecule has 1 unspecified atom stereocenters. The van der Waals surface area contributed by atoms with Crippen LogP contribution in [0.5, 0.6) is 0 Å². The predicted octanol–water partition coefficient (Wildman–Crippen LogP) is 3.77. The molecule has 1 atom stereocenters. The van der Waals surface area contributed by atoms with Gasteiger partial charge in [-0.05, 0) is 51.0 Å². The number of hydrogen-bond donors (Lipinski definition) is 2. The summed E-state index contributed by atoms with van der Waals surface area (Å²) in [6, 6.07) is 13.9. The summed E-state index contributed by atoms with van der Waals surface area (Å²) in [6.45, 7) is 4.50. The molecule has 0 aliphatic carbocycles. The zero-order chi connectivity index (χ0) is 23.6. The Labute approximate surface area is 188 Å². The zero-order valence-electron chi connectivity index (χ0n) is 18.0. The highest BCUT2D eigenvalue weighted by molar-refractivity contribution is 7.86. The van der Waals surface area contributed by atoms with Gasteiger partial charge >= 0.3 is 0 Å². The molecule has 10 heteroatoms. The monoisotopic (exact) mass is 479 g/mol. The number of nitrogens with zero attached hydrogens (tertiary/aromatic N) is 2. The summed E-state index contributed by atoms with van der Waals surface area (Å²) in [7, 11) is -8.53. The number of hydrogen-bond acceptors (Lipinski definition) is 5.